The van der Waals surface area contributed by atoms with E-state index in [0.29, 0.717) is 17.0 Å². The fourth-order valence-corrected chi connectivity index (χ4v) is 2.90. The number of urea groups is 1. The zero-order valence-corrected chi connectivity index (χ0v) is 14.8. The average Bonchev–Trinajstić information content (AvgIpc) is 2.61. The normalized spacial score (nSPS) is 16.4. The van der Waals surface area contributed by atoms with Gasteiger partial charge in [-0.3, -0.25) is 14.9 Å². The largest absolute Gasteiger partial charge is 0.327 e. The van der Waals surface area contributed by atoms with Crippen LogP contribution in [0.15, 0.2) is 59.8 Å². The highest BCUT2D eigenvalue weighted by Crippen LogP contribution is 2.28. The lowest BCUT2D eigenvalue weighted by Crippen LogP contribution is -2.45. The van der Waals surface area contributed by atoms with Gasteiger partial charge in [-0.2, -0.15) is 0 Å². The highest BCUT2D eigenvalue weighted by Gasteiger charge is 2.31. The van der Waals surface area contributed by atoms with E-state index < -0.39 is 22.9 Å². The summed E-state index contributed by atoms with van der Waals surface area (Å²) < 4.78 is 0. The first-order valence-electron chi connectivity index (χ1n) is 8.26. The summed E-state index contributed by atoms with van der Waals surface area (Å²) in [5.41, 5.74) is 2.76. The fourth-order valence-electron chi connectivity index (χ4n) is 2.90. The Hall–Kier alpha value is -3.68. The minimum Gasteiger partial charge on any atom is -0.327 e. The van der Waals surface area contributed by atoms with Crippen LogP contribution in [0, 0.1) is 17.0 Å². The molecule has 8 heteroatoms. The van der Waals surface area contributed by atoms with E-state index in [9.17, 15) is 19.7 Å². The monoisotopic (exact) mass is 366 g/mol. The van der Waals surface area contributed by atoms with Crippen molar-refractivity contribution in [3.63, 3.8) is 0 Å². The number of carbonyl (C=O) groups is 2. The van der Waals surface area contributed by atoms with Gasteiger partial charge >= 0.3 is 6.03 Å². The molecule has 8 nitrogen and oxygen atoms in total. The lowest BCUT2D eigenvalue weighted by atomic mass is 9.94. The van der Waals surface area contributed by atoms with Crippen LogP contribution < -0.4 is 16.0 Å². The van der Waals surface area contributed by atoms with E-state index in [-0.39, 0.29) is 5.69 Å². The van der Waals surface area contributed by atoms with Crippen LogP contribution in [0.2, 0.25) is 0 Å². The predicted molar refractivity (Wildman–Crippen MR) is 100 cm³/mol. The summed E-state index contributed by atoms with van der Waals surface area (Å²) in [6, 6.07) is 12.1. The molecule has 1 aliphatic heterocycles. The van der Waals surface area contributed by atoms with Crippen molar-refractivity contribution in [2.75, 3.05) is 5.32 Å². The van der Waals surface area contributed by atoms with Gasteiger partial charge in [0.25, 0.3) is 11.6 Å². The first-order chi connectivity index (χ1) is 12.8. The molecule has 3 amide bonds. The fraction of sp³-hybridized carbons (Fsp3) is 0.158. The van der Waals surface area contributed by atoms with E-state index in [1.807, 2.05) is 31.2 Å². The van der Waals surface area contributed by atoms with E-state index in [4.69, 9.17) is 0 Å². The van der Waals surface area contributed by atoms with Crippen molar-refractivity contribution in [2.24, 2.45) is 0 Å². The van der Waals surface area contributed by atoms with Crippen LogP contribution in [0.3, 0.4) is 0 Å². The van der Waals surface area contributed by atoms with E-state index in [1.54, 1.807) is 13.0 Å². The third kappa shape index (κ3) is 3.95. The van der Waals surface area contributed by atoms with Crippen molar-refractivity contribution in [1.82, 2.24) is 10.6 Å². The minimum absolute atomic E-state index is 0.122. The predicted octanol–water partition coefficient (Wildman–Crippen LogP) is 3.17. The smallest absolute Gasteiger partial charge is 0.319 e. The Bertz CT molecular complexity index is 950. The Morgan fingerprint density at radius 2 is 1.85 bits per heavy atom. The van der Waals surface area contributed by atoms with Gasteiger partial charge in [0.2, 0.25) is 0 Å². The minimum atomic E-state index is -0.627. The Labute approximate surface area is 155 Å². The molecule has 1 aliphatic rings. The molecule has 2 aromatic carbocycles. The summed E-state index contributed by atoms with van der Waals surface area (Å²) in [6.45, 7) is 3.59. The van der Waals surface area contributed by atoms with Gasteiger partial charge < -0.3 is 16.0 Å². The standard InChI is InChI=1S/C19H18N4O4/c1-11-6-8-13(9-7-11)17-16(12(2)20-19(25)22-17)18(24)21-14-4-3-5-15(10-14)23(26)27/h3-10,17H,1-2H3,(H,21,24)(H2,20,22,25)/t17-/m1/s1. The molecule has 0 radical (unpaired) electrons. The number of rotatable bonds is 4. The second-order valence-electron chi connectivity index (χ2n) is 6.24. The van der Waals surface area contributed by atoms with Crippen LogP contribution in [-0.4, -0.2) is 16.9 Å². The molecule has 27 heavy (non-hydrogen) atoms. The van der Waals surface area contributed by atoms with Gasteiger partial charge in [-0.15, -0.1) is 0 Å². The second-order valence-corrected chi connectivity index (χ2v) is 6.24. The number of allylic oxidation sites excluding steroid dienone is 1. The first kappa shape index (κ1) is 18.1. The number of nitrogens with one attached hydrogen (secondary N) is 3. The third-order valence-corrected chi connectivity index (χ3v) is 4.24. The molecule has 138 valence electrons. The number of anilines is 1. The molecule has 0 spiro atoms. The van der Waals surface area contributed by atoms with E-state index in [0.717, 1.165) is 11.1 Å². The number of nitrogens with zero attached hydrogens (tertiary/aromatic N) is 1. The molecule has 0 aromatic heterocycles. The van der Waals surface area contributed by atoms with E-state index >= 15 is 0 Å². The summed E-state index contributed by atoms with van der Waals surface area (Å²) in [7, 11) is 0. The summed E-state index contributed by atoms with van der Waals surface area (Å²) >= 11 is 0. The van der Waals surface area contributed by atoms with Crippen molar-refractivity contribution in [2.45, 2.75) is 19.9 Å². The Kier molecular flexibility index (Phi) is 4.89. The van der Waals surface area contributed by atoms with Crippen molar-refractivity contribution in [3.05, 3.63) is 81.0 Å². The molecule has 0 unspecified atom stereocenters. The molecule has 3 N–H and O–H groups in total. The molecule has 1 atom stereocenters. The summed E-state index contributed by atoms with van der Waals surface area (Å²) in [6.07, 6.45) is 0. The lowest BCUT2D eigenvalue weighted by Gasteiger charge is -2.28. The Balaban J connectivity index is 1.93. The number of non-ortho nitro benzene ring substituents is 1. The number of hydrogen-bond donors (Lipinski definition) is 3. The van der Waals surface area contributed by atoms with Crippen molar-refractivity contribution >= 4 is 23.3 Å². The Morgan fingerprint density at radius 1 is 1.15 bits per heavy atom. The Morgan fingerprint density at radius 3 is 2.52 bits per heavy atom. The van der Waals surface area contributed by atoms with Gasteiger partial charge in [0, 0.05) is 23.5 Å². The summed E-state index contributed by atoms with van der Waals surface area (Å²) in [5.74, 6) is -0.453. The number of hydrogen-bond acceptors (Lipinski definition) is 4. The van der Waals surface area contributed by atoms with Gasteiger partial charge in [-0.1, -0.05) is 35.9 Å². The van der Waals surface area contributed by atoms with Crippen molar-refractivity contribution in [1.29, 1.82) is 0 Å². The van der Waals surface area contributed by atoms with Gasteiger partial charge in [-0.05, 0) is 25.5 Å². The highest BCUT2D eigenvalue weighted by molar-refractivity contribution is 6.06. The third-order valence-electron chi connectivity index (χ3n) is 4.24. The topological polar surface area (TPSA) is 113 Å². The number of amides is 3. The van der Waals surface area contributed by atoms with Crippen LogP contribution in [-0.2, 0) is 4.79 Å². The number of aryl methyl sites for hydroxylation is 1. The molecule has 0 bridgehead atoms. The molecule has 3 rings (SSSR count). The van der Waals surface area contributed by atoms with Crippen molar-refractivity contribution in [3.8, 4) is 0 Å². The molecule has 0 saturated heterocycles. The average molecular weight is 366 g/mol. The first-order valence-corrected chi connectivity index (χ1v) is 8.26. The van der Waals surface area contributed by atoms with Crippen LogP contribution in [0.5, 0.6) is 0 Å². The van der Waals surface area contributed by atoms with E-state index in [1.165, 1.54) is 18.2 Å². The molecule has 0 saturated carbocycles. The maximum atomic E-state index is 12.9. The molecule has 2 aromatic rings. The quantitative estimate of drug-likeness (QED) is 0.570. The molecule has 0 aliphatic carbocycles. The summed E-state index contributed by atoms with van der Waals surface area (Å²) in [4.78, 5) is 35.2. The molecular weight excluding hydrogens is 348 g/mol. The van der Waals surface area contributed by atoms with Gasteiger partial charge in [-0.25, -0.2) is 4.79 Å². The number of carbonyl (C=O) groups excluding carboxylic acids is 2. The number of nitro benzene ring substituents is 1. The zero-order valence-electron chi connectivity index (χ0n) is 14.8. The van der Waals surface area contributed by atoms with Crippen LogP contribution in [0.1, 0.15) is 24.1 Å². The van der Waals surface area contributed by atoms with Crippen LogP contribution in [0.4, 0.5) is 16.2 Å². The summed E-state index contributed by atoms with van der Waals surface area (Å²) in [5, 5.41) is 18.9. The SMILES string of the molecule is CC1=C(C(=O)Nc2cccc([N+](=O)[O-])c2)[C@@H](c2ccc(C)cc2)NC(=O)N1. The van der Waals surface area contributed by atoms with Crippen LogP contribution >= 0.6 is 0 Å². The maximum absolute atomic E-state index is 12.9. The van der Waals surface area contributed by atoms with Gasteiger partial charge in [0.1, 0.15) is 0 Å². The number of benzene rings is 2. The number of nitro groups is 1. The van der Waals surface area contributed by atoms with Gasteiger partial charge in [0.15, 0.2) is 0 Å². The van der Waals surface area contributed by atoms with Crippen molar-refractivity contribution < 1.29 is 14.5 Å². The lowest BCUT2D eigenvalue weighted by molar-refractivity contribution is -0.384. The van der Waals surface area contributed by atoms with E-state index in [2.05, 4.69) is 16.0 Å². The molecule has 0 fully saturated rings. The highest BCUT2D eigenvalue weighted by atomic mass is 16.6. The molecular formula is C19H18N4O4. The zero-order chi connectivity index (χ0) is 19.6. The van der Waals surface area contributed by atoms with Crippen LogP contribution in [0.25, 0.3) is 0 Å². The maximum Gasteiger partial charge on any atom is 0.319 e. The molecule has 1 heterocycles. The van der Waals surface area contributed by atoms with Gasteiger partial charge in [0.05, 0.1) is 16.5 Å². The second kappa shape index (κ2) is 7.28.